The largest absolute Gasteiger partial charge is 0.507 e. The van der Waals surface area contributed by atoms with E-state index < -0.39 is 5.91 Å². The molecule has 0 spiro atoms. The van der Waals surface area contributed by atoms with Crippen LogP contribution in [-0.2, 0) is 11.2 Å². The van der Waals surface area contributed by atoms with Crippen LogP contribution in [-0.4, -0.2) is 16.9 Å². The molecule has 3 N–H and O–H groups in total. The summed E-state index contributed by atoms with van der Waals surface area (Å²) in [6.07, 6.45) is 0.721. The quantitative estimate of drug-likeness (QED) is 0.753. The van der Waals surface area contributed by atoms with Crippen molar-refractivity contribution in [2.75, 3.05) is 0 Å². The number of hydrazine groups is 1. The van der Waals surface area contributed by atoms with Gasteiger partial charge in [0.25, 0.3) is 5.91 Å². The van der Waals surface area contributed by atoms with Crippen molar-refractivity contribution in [1.82, 2.24) is 10.9 Å². The van der Waals surface area contributed by atoms with Crippen LogP contribution in [0.4, 0.5) is 0 Å². The molecule has 0 aliphatic heterocycles. The maximum absolute atomic E-state index is 11.8. The molecule has 120 valence electrons. The molecular weight excluding hydrogens is 316 g/mol. The molecule has 2 rings (SSSR count). The zero-order valence-electron chi connectivity index (χ0n) is 12.6. The summed E-state index contributed by atoms with van der Waals surface area (Å²) in [5, 5.41) is 10.2. The lowest BCUT2D eigenvalue weighted by Crippen LogP contribution is -2.41. The topological polar surface area (TPSA) is 78.4 Å². The molecule has 0 aliphatic carbocycles. The molecule has 2 amide bonds. The summed E-state index contributed by atoms with van der Waals surface area (Å²) < 4.78 is 0. The van der Waals surface area contributed by atoms with E-state index in [1.54, 1.807) is 12.1 Å². The lowest BCUT2D eigenvalue weighted by Gasteiger charge is -2.09. The van der Waals surface area contributed by atoms with Crippen LogP contribution in [0.3, 0.4) is 0 Å². The molecule has 2 aromatic carbocycles. The van der Waals surface area contributed by atoms with Crippen LogP contribution < -0.4 is 10.9 Å². The minimum atomic E-state index is -0.574. The van der Waals surface area contributed by atoms with Gasteiger partial charge in [-0.15, -0.1) is 0 Å². The SMILES string of the molecule is Cc1ccc(CCC(=O)NNC(=O)c2ccccc2O)cc1Cl. The Hall–Kier alpha value is -2.53. The fourth-order valence-electron chi connectivity index (χ4n) is 1.97. The number of phenols is 1. The number of carbonyl (C=O) groups is 2. The van der Waals surface area contributed by atoms with E-state index in [1.807, 2.05) is 25.1 Å². The predicted molar refractivity (Wildman–Crippen MR) is 88.2 cm³/mol. The normalized spacial score (nSPS) is 10.2. The van der Waals surface area contributed by atoms with Gasteiger partial charge in [0, 0.05) is 11.4 Å². The van der Waals surface area contributed by atoms with Crippen LogP contribution in [0.25, 0.3) is 0 Å². The molecule has 0 unspecified atom stereocenters. The fraction of sp³-hybridized carbons (Fsp3) is 0.176. The summed E-state index contributed by atoms with van der Waals surface area (Å²) in [5.41, 5.74) is 6.62. The number of nitrogens with one attached hydrogen (secondary N) is 2. The van der Waals surface area contributed by atoms with E-state index in [4.69, 9.17) is 11.6 Å². The van der Waals surface area contributed by atoms with Gasteiger partial charge in [0.2, 0.25) is 5.91 Å². The van der Waals surface area contributed by atoms with Gasteiger partial charge in [-0.25, -0.2) is 0 Å². The predicted octanol–water partition coefficient (Wildman–Crippen LogP) is 2.75. The van der Waals surface area contributed by atoms with Crippen molar-refractivity contribution in [3.63, 3.8) is 0 Å². The van der Waals surface area contributed by atoms with Crippen molar-refractivity contribution in [2.45, 2.75) is 19.8 Å². The molecule has 6 heteroatoms. The van der Waals surface area contributed by atoms with Crippen LogP contribution in [0.2, 0.25) is 5.02 Å². The summed E-state index contributed by atoms with van der Waals surface area (Å²) in [5.74, 6) is -1.05. The average Bonchev–Trinajstić information content (AvgIpc) is 2.54. The molecule has 0 bridgehead atoms. The molecule has 0 heterocycles. The van der Waals surface area contributed by atoms with Crippen LogP contribution in [0.1, 0.15) is 27.9 Å². The highest BCUT2D eigenvalue weighted by molar-refractivity contribution is 6.31. The van der Waals surface area contributed by atoms with Crippen molar-refractivity contribution in [3.8, 4) is 5.75 Å². The average molecular weight is 333 g/mol. The van der Waals surface area contributed by atoms with Crippen molar-refractivity contribution >= 4 is 23.4 Å². The number of carbonyl (C=O) groups excluding carboxylic acids is 2. The molecule has 0 fully saturated rings. The van der Waals surface area contributed by atoms with E-state index in [0.29, 0.717) is 11.4 Å². The Morgan fingerprint density at radius 2 is 1.87 bits per heavy atom. The maximum Gasteiger partial charge on any atom is 0.273 e. The van der Waals surface area contributed by atoms with E-state index in [9.17, 15) is 14.7 Å². The van der Waals surface area contributed by atoms with E-state index in [-0.39, 0.29) is 23.6 Å². The number of amides is 2. The molecule has 0 saturated carbocycles. The third-order valence-electron chi connectivity index (χ3n) is 3.34. The zero-order valence-corrected chi connectivity index (χ0v) is 13.4. The number of para-hydroxylation sites is 1. The highest BCUT2D eigenvalue weighted by atomic mass is 35.5. The standard InChI is InChI=1S/C17H17ClN2O3/c1-11-6-7-12(10-14(11)18)8-9-16(22)19-20-17(23)13-4-2-3-5-15(13)21/h2-7,10,21H,8-9H2,1H3,(H,19,22)(H,20,23). The van der Waals surface area contributed by atoms with E-state index in [2.05, 4.69) is 10.9 Å². The lowest BCUT2D eigenvalue weighted by molar-refractivity contribution is -0.121. The van der Waals surface area contributed by atoms with Crippen molar-refractivity contribution < 1.29 is 14.7 Å². The van der Waals surface area contributed by atoms with Gasteiger partial charge < -0.3 is 5.11 Å². The highest BCUT2D eigenvalue weighted by Gasteiger charge is 2.11. The van der Waals surface area contributed by atoms with Gasteiger partial charge in [0.05, 0.1) is 5.56 Å². The van der Waals surface area contributed by atoms with Gasteiger partial charge in [-0.2, -0.15) is 0 Å². The number of aryl methyl sites for hydroxylation is 2. The summed E-state index contributed by atoms with van der Waals surface area (Å²) >= 11 is 6.03. The zero-order chi connectivity index (χ0) is 16.8. The molecule has 0 aliphatic rings. The number of rotatable bonds is 4. The van der Waals surface area contributed by atoms with Crippen LogP contribution in [0.15, 0.2) is 42.5 Å². The Labute approximate surface area is 139 Å². The molecule has 0 atom stereocenters. The second-order valence-corrected chi connectivity index (χ2v) is 5.51. The third-order valence-corrected chi connectivity index (χ3v) is 3.75. The van der Waals surface area contributed by atoms with Gasteiger partial charge in [-0.1, -0.05) is 35.9 Å². The number of aromatic hydroxyl groups is 1. The highest BCUT2D eigenvalue weighted by Crippen LogP contribution is 2.17. The number of phenolic OH excluding ortho intramolecular Hbond substituents is 1. The minimum Gasteiger partial charge on any atom is -0.507 e. The van der Waals surface area contributed by atoms with Crippen LogP contribution in [0, 0.1) is 6.92 Å². The molecule has 23 heavy (non-hydrogen) atoms. The first-order chi connectivity index (χ1) is 11.0. The molecule has 0 saturated heterocycles. The summed E-state index contributed by atoms with van der Waals surface area (Å²) in [6.45, 7) is 1.91. The Bertz CT molecular complexity index is 732. The monoisotopic (exact) mass is 332 g/mol. The first-order valence-electron chi connectivity index (χ1n) is 7.09. The smallest absolute Gasteiger partial charge is 0.273 e. The van der Waals surface area contributed by atoms with Crippen molar-refractivity contribution in [2.24, 2.45) is 0 Å². The first-order valence-corrected chi connectivity index (χ1v) is 7.47. The summed E-state index contributed by atoms with van der Waals surface area (Å²) in [7, 11) is 0. The molecule has 2 aromatic rings. The van der Waals surface area contributed by atoms with E-state index >= 15 is 0 Å². The van der Waals surface area contributed by atoms with Crippen LogP contribution >= 0.6 is 11.6 Å². The van der Waals surface area contributed by atoms with Gasteiger partial charge in [-0.05, 0) is 42.7 Å². The number of halogens is 1. The van der Waals surface area contributed by atoms with Gasteiger partial charge in [0.15, 0.2) is 0 Å². The number of hydrogen-bond donors (Lipinski definition) is 3. The van der Waals surface area contributed by atoms with E-state index in [1.165, 1.54) is 12.1 Å². The van der Waals surface area contributed by atoms with Crippen molar-refractivity contribution in [3.05, 3.63) is 64.2 Å². The Balaban J connectivity index is 1.82. The molecule has 0 aromatic heterocycles. The molecule has 5 nitrogen and oxygen atoms in total. The Morgan fingerprint density at radius 1 is 1.13 bits per heavy atom. The fourth-order valence-corrected chi connectivity index (χ4v) is 2.17. The lowest BCUT2D eigenvalue weighted by atomic mass is 10.1. The Morgan fingerprint density at radius 3 is 2.57 bits per heavy atom. The molecule has 0 radical (unpaired) electrons. The van der Waals surface area contributed by atoms with Gasteiger partial charge in [-0.3, -0.25) is 20.4 Å². The first kappa shape index (κ1) is 16.8. The van der Waals surface area contributed by atoms with E-state index in [0.717, 1.165) is 11.1 Å². The number of benzene rings is 2. The van der Waals surface area contributed by atoms with Crippen molar-refractivity contribution in [1.29, 1.82) is 0 Å². The minimum absolute atomic E-state index is 0.0955. The van der Waals surface area contributed by atoms with Gasteiger partial charge >= 0.3 is 0 Å². The second kappa shape index (κ2) is 7.65. The maximum atomic E-state index is 11.8. The third kappa shape index (κ3) is 4.72. The number of hydrogen-bond acceptors (Lipinski definition) is 3. The summed E-state index contributed by atoms with van der Waals surface area (Å²) in [6, 6.07) is 11.7. The van der Waals surface area contributed by atoms with Gasteiger partial charge in [0.1, 0.15) is 5.75 Å². The second-order valence-electron chi connectivity index (χ2n) is 5.10. The Kier molecular flexibility index (Phi) is 5.60. The van der Waals surface area contributed by atoms with Crippen LogP contribution in [0.5, 0.6) is 5.75 Å². The summed E-state index contributed by atoms with van der Waals surface area (Å²) in [4.78, 5) is 23.6. The molecular formula is C17H17ClN2O3.